The zero-order valence-electron chi connectivity index (χ0n) is 15.8. The molecule has 4 nitrogen and oxygen atoms in total. The molecule has 1 heterocycles. The molecule has 0 radical (unpaired) electrons. The minimum Gasteiger partial charge on any atom is -0.490 e. The lowest BCUT2D eigenvalue weighted by Gasteiger charge is -2.17. The smallest absolute Gasteiger partial charge is 0.175 e. The van der Waals surface area contributed by atoms with Crippen LogP contribution in [0.4, 0.5) is 0 Å². The zero-order valence-corrected chi connectivity index (χ0v) is 18.9. The molecule has 1 unspecified atom stereocenters. The first-order valence-corrected chi connectivity index (χ1v) is 11.0. The van der Waals surface area contributed by atoms with Crippen molar-refractivity contribution in [3.05, 3.63) is 56.0 Å². The van der Waals surface area contributed by atoms with Gasteiger partial charge in [0.05, 0.1) is 17.2 Å². The molecule has 28 heavy (non-hydrogen) atoms. The van der Waals surface area contributed by atoms with Crippen molar-refractivity contribution in [2.24, 2.45) is 0 Å². The normalized spacial score (nSPS) is 16.4. The summed E-state index contributed by atoms with van der Waals surface area (Å²) in [6, 6.07) is 9.45. The van der Waals surface area contributed by atoms with E-state index in [1.165, 1.54) is 0 Å². The molecule has 1 fully saturated rings. The molecular formula is C21H24BrCl2NO3. The Morgan fingerprint density at radius 3 is 2.68 bits per heavy atom. The Balaban J connectivity index is 1.69. The highest BCUT2D eigenvalue weighted by molar-refractivity contribution is 9.10. The van der Waals surface area contributed by atoms with E-state index < -0.39 is 0 Å². The highest BCUT2D eigenvalue weighted by atomic mass is 79.9. The Bertz CT molecular complexity index is 777. The van der Waals surface area contributed by atoms with E-state index in [9.17, 15) is 0 Å². The summed E-state index contributed by atoms with van der Waals surface area (Å²) in [7, 11) is 0. The maximum atomic E-state index is 6.25. The van der Waals surface area contributed by atoms with Gasteiger partial charge in [0.25, 0.3) is 0 Å². The van der Waals surface area contributed by atoms with Gasteiger partial charge in [-0.3, -0.25) is 0 Å². The third-order valence-electron chi connectivity index (χ3n) is 4.52. The molecule has 3 rings (SSSR count). The average molecular weight is 489 g/mol. The summed E-state index contributed by atoms with van der Waals surface area (Å²) in [5.41, 5.74) is 1.86. The van der Waals surface area contributed by atoms with Crippen LogP contribution in [0.3, 0.4) is 0 Å². The van der Waals surface area contributed by atoms with Crippen LogP contribution in [0.2, 0.25) is 10.0 Å². The van der Waals surface area contributed by atoms with Crippen molar-refractivity contribution in [1.82, 2.24) is 5.32 Å². The van der Waals surface area contributed by atoms with Crippen LogP contribution >= 0.6 is 39.1 Å². The number of ether oxygens (including phenoxy) is 3. The van der Waals surface area contributed by atoms with Gasteiger partial charge in [0.2, 0.25) is 0 Å². The maximum absolute atomic E-state index is 6.25. The summed E-state index contributed by atoms with van der Waals surface area (Å²) in [4.78, 5) is 0. The Hall–Kier alpha value is -0.980. The third-order valence-corrected chi connectivity index (χ3v) is 5.81. The highest BCUT2D eigenvalue weighted by Gasteiger charge is 2.16. The van der Waals surface area contributed by atoms with E-state index in [0.29, 0.717) is 34.3 Å². The zero-order chi connectivity index (χ0) is 19.9. The average Bonchev–Trinajstić information content (AvgIpc) is 3.17. The third kappa shape index (κ3) is 5.77. The fourth-order valence-corrected chi connectivity index (χ4v) is 4.23. The maximum Gasteiger partial charge on any atom is 0.175 e. The molecule has 1 N–H and O–H groups in total. The first-order chi connectivity index (χ1) is 13.6. The van der Waals surface area contributed by atoms with Crippen LogP contribution in [0.25, 0.3) is 0 Å². The van der Waals surface area contributed by atoms with Gasteiger partial charge < -0.3 is 19.5 Å². The lowest BCUT2D eigenvalue weighted by molar-refractivity contribution is 0.110. The van der Waals surface area contributed by atoms with Crippen molar-refractivity contribution in [3.8, 4) is 11.5 Å². The van der Waals surface area contributed by atoms with E-state index in [1.807, 2.05) is 25.1 Å². The molecule has 0 amide bonds. The lowest BCUT2D eigenvalue weighted by Crippen LogP contribution is -2.25. The lowest BCUT2D eigenvalue weighted by atomic mass is 10.2. The molecule has 0 bridgehead atoms. The molecule has 152 valence electrons. The number of hydrogen-bond donors (Lipinski definition) is 1. The molecule has 1 aliphatic heterocycles. The van der Waals surface area contributed by atoms with Crippen LogP contribution in [0, 0.1) is 0 Å². The van der Waals surface area contributed by atoms with E-state index >= 15 is 0 Å². The summed E-state index contributed by atoms with van der Waals surface area (Å²) in [6.45, 7) is 5.20. The number of nitrogens with one attached hydrogen (secondary N) is 1. The van der Waals surface area contributed by atoms with Gasteiger partial charge in [0, 0.05) is 35.3 Å². The van der Waals surface area contributed by atoms with Crippen LogP contribution in [0.1, 0.15) is 30.9 Å². The van der Waals surface area contributed by atoms with Gasteiger partial charge in [0.1, 0.15) is 6.61 Å². The van der Waals surface area contributed by atoms with Gasteiger partial charge in [-0.05, 0) is 65.5 Å². The summed E-state index contributed by atoms with van der Waals surface area (Å²) < 4.78 is 18.3. The Morgan fingerprint density at radius 1 is 1.21 bits per heavy atom. The molecule has 7 heteroatoms. The van der Waals surface area contributed by atoms with E-state index in [4.69, 9.17) is 37.4 Å². The standard InChI is InChI=1S/C21H24BrCl2NO3/c1-2-26-20-10-14(11-25-12-15-5-4-8-27-15)9-17(22)21(20)28-13-16-18(23)6-3-7-19(16)24/h3,6-7,9-10,15,25H,2,4-5,8,11-13H2,1H3. The van der Waals surface area contributed by atoms with Crippen LogP contribution < -0.4 is 14.8 Å². The highest BCUT2D eigenvalue weighted by Crippen LogP contribution is 2.38. The van der Waals surface area contributed by atoms with Crippen LogP contribution in [-0.2, 0) is 17.9 Å². The van der Waals surface area contributed by atoms with Crippen molar-refractivity contribution in [2.75, 3.05) is 19.8 Å². The molecule has 1 aliphatic rings. The second-order valence-corrected chi connectivity index (χ2v) is 8.26. The summed E-state index contributed by atoms with van der Waals surface area (Å²) in [5, 5.41) is 4.62. The Labute approximate surface area is 184 Å². The van der Waals surface area contributed by atoms with E-state index in [0.717, 1.165) is 48.1 Å². The van der Waals surface area contributed by atoms with Gasteiger partial charge in [-0.1, -0.05) is 29.3 Å². The van der Waals surface area contributed by atoms with E-state index in [2.05, 4.69) is 21.2 Å². The van der Waals surface area contributed by atoms with Crippen LogP contribution in [0.15, 0.2) is 34.8 Å². The van der Waals surface area contributed by atoms with Crippen molar-refractivity contribution in [1.29, 1.82) is 0 Å². The van der Waals surface area contributed by atoms with Gasteiger partial charge in [-0.25, -0.2) is 0 Å². The second kappa shape index (κ2) is 10.7. The molecule has 0 aliphatic carbocycles. The molecule has 0 spiro atoms. The number of rotatable bonds is 9. The monoisotopic (exact) mass is 487 g/mol. The Morgan fingerprint density at radius 2 is 2.00 bits per heavy atom. The molecule has 1 saturated heterocycles. The Kier molecular flexibility index (Phi) is 8.30. The van der Waals surface area contributed by atoms with E-state index in [1.54, 1.807) is 12.1 Å². The van der Waals surface area contributed by atoms with Crippen molar-refractivity contribution in [3.63, 3.8) is 0 Å². The first-order valence-electron chi connectivity index (χ1n) is 9.41. The fourth-order valence-electron chi connectivity index (χ4n) is 3.12. The number of halogens is 3. The molecular weight excluding hydrogens is 465 g/mol. The van der Waals surface area contributed by atoms with Gasteiger partial charge in [-0.2, -0.15) is 0 Å². The van der Waals surface area contributed by atoms with Gasteiger partial charge >= 0.3 is 0 Å². The summed E-state index contributed by atoms with van der Waals surface area (Å²) in [6.07, 6.45) is 2.59. The minimum absolute atomic E-state index is 0.258. The topological polar surface area (TPSA) is 39.7 Å². The predicted molar refractivity (Wildman–Crippen MR) is 117 cm³/mol. The molecule has 0 aromatic heterocycles. The van der Waals surface area contributed by atoms with Crippen molar-refractivity contribution >= 4 is 39.1 Å². The number of benzene rings is 2. The molecule has 1 atom stereocenters. The molecule has 2 aromatic rings. The first kappa shape index (κ1) is 21.7. The van der Waals surface area contributed by atoms with Crippen LogP contribution in [-0.4, -0.2) is 25.9 Å². The van der Waals surface area contributed by atoms with Gasteiger partial charge in [0.15, 0.2) is 11.5 Å². The van der Waals surface area contributed by atoms with Crippen LogP contribution in [0.5, 0.6) is 11.5 Å². The molecule has 2 aromatic carbocycles. The van der Waals surface area contributed by atoms with Gasteiger partial charge in [-0.15, -0.1) is 0 Å². The quantitative estimate of drug-likeness (QED) is 0.469. The second-order valence-electron chi connectivity index (χ2n) is 6.59. The summed E-state index contributed by atoms with van der Waals surface area (Å²) >= 11 is 16.1. The minimum atomic E-state index is 0.258. The fraction of sp³-hybridized carbons (Fsp3) is 0.429. The number of hydrogen-bond acceptors (Lipinski definition) is 4. The van der Waals surface area contributed by atoms with Crippen molar-refractivity contribution in [2.45, 2.75) is 39.0 Å². The largest absolute Gasteiger partial charge is 0.490 e. The molecule has 0 saturated carbocycles. The summed E-state index contributed by atoms with van der Waals surface area (Å²) in [5.74, 6) is 1.33. The SMILES string of the molecule is CCOc1cc(CNCC2CCCO2)cc(Br)c1OCc1c(Cl)cccc1Cl. The predicted octanol–water partition coefficient (Wildman–Crippen LogP) is 6.00. The van der Waals surface area contributed by atoms with Crippen molar-refractivity contribution < 1.29 is 14.2 Å². The van der Waals surface area contributed by atoms with E-state index in [-0.39, 0.29) is 6.61 Å².